The third-order valence-corrected chi connectivity index (χ3v) is 5.05. The van der Waals surface area contributed by atoms with Crippen LogP contribution in [0.15, 0.2) is 54.7 Å². The van der Waals surface area contributed by atoms with Crippen molar-refractivity contribution in [3.05, 3.63) is 71.4 Å². The molecule has 1 aromatic heterocycles. The Labute approximate surface area is 175 Å². The highest BCUT2D eigenvalue weighted by molar-refractivity contribution is 5.66. The molecule has 0 bridgehead atoms. The minimum atomic E-state index is -4.57. The highest BCUT2D eigenvalue weighted by atomic mass is 19.4. The highest BCUT2D eigenvalue weighted by Crippen LogP contribution is 2.38. The van der Waals surface area contributed by atoms with E-state index in [1.807, 2.05) is 43.3 Å². The van der Waals surface area contributed by atoms with Gasteiger partial charge in [0.15, 0.2) is 5.82 Å². The molecule has 0 unspecified atom stereocenters. The van der Waals surface area contributed by atoms with Crippen molar-refractivity contribution in [2.45, 2.75) is 32.9 Å². The van der Waals surface area contributed by atoms with E-state index in [-0.39, 0.29) is 11.8 Å². The Morgan fingerprint density at radius 2 is 1.37 bits per heavy atom. The molecule has 7 heteroatoms. The topological polar surface area (TPSA) is 32.3 Å². The van der Waals surface area contributed by atoms with E-state index in [9.17, 15) is 13.2 Å². The molecule has 0 saturated carbocycles. The smallest absolute Gasteiger partial charge is 0.329 e. The zero-order chi connectivity index (χ0) is 22.1. The van der Waals surface area contributed by atoms with Crippen LogP contribution < -0.4 is 9.80 Å². The Hall–Kier alpha value is -3.09. The molecule has 30 heavy (non-hydrogen) atoms. The van der Waals surface area contributed by atoms with Crippen molar-refractivity contribution in [1.82, 2.24) is 9.97 Å². The predicted octanol–water partition coefficient (Wildman–Crippen LogP) is 6.46. The van der Waals surface area contributed by atoms with Crippen molar-refractivity contribution >= 4 is 23.1 Å². The minimum absolute atomic E-state index is 0.189. The molecule has 0 fully saturated rings. The summed E-state index contributed by atoms with van der Waals surface area (Å²) in [4.78, 5) is 11.4. The van der Waals surface area contributed by atoms with E-state index in [0.29, 0.717) is 11.6 Å². The highest BCUT2D eigenvalue weighted by Gasteiger charge is 2.37. The monoisotopic (exact) mass is 414 g/mol. The lowest BCUT2D eigenvalue weighted by molar-refractivity contribution is -0.137. The number of hydrogen-bond donors (Lipinski definition) is 0. The third-order valence-electron chi connectivity index (χ3n) is 5.05. The second-order valence-corrected chi connectivity index (χ2v) is 7.60. The Kier molecular flexibility index (Phi) is 6.01. The number of aromatic nitrogens is 2. The van der Waals surface area contributed by atoms with E-state index >= 15 is 0 Å². The number of rotatable bonds is 5. The van der Waals surface area contributed by atoms with Crippen LogP contribution in [0.1, 0.15) is 36.5 Å². The van der Waals surface area contributed by atoms with Gasteiger partial charge in [0.2, 0.25) is 5.95 Å². The molecule has 2 aromatic carbocycles. The molecule has 0 spiro atoms. The zero-order valence-corrected chi connectivity index (χ0v) is 17.7. The minimum Gasteiger partial charge on any atom is -0.329 e. The summed E-state index contributed by atoms with van der Waals surface area (Å²) in [6.07, 6.45) is -3.72. The number of anilines is 4. The SMILES string of the molecule is Cc1ccc(N(C)c2nc(N(C)c3ccc(C(C)C)cc3)ncc2C(F)(F)F)cc1. The first-order valence-corrected chi connectivity index (χ1v) is 9.66. The summed E-state index contributed by atoms with van der Waals surface area (Å²) in [6.45, 7) is 6.13. The molecule has 0 amide bonds. The molecule has 0 atom stereocenters. The first-order chi connectivity index (χ1) is 14.1. The summed E-state index contributed by atoms with van der Waals surface area (Å²) >= 11 is 0. The maximum atomic E-state index is 13.6. The Morgan fingerprint density at radius 3 is 1.90 bits per heavy atom. The molecule has 0 aliphatic carbocycles. The summed E-state index contributed by atoms with van der Waals surface area (Å²) in [5, 5.41) is 0. The van der Waals surface area contributed by atoms with Crippen LogP contribution in [0.4, 0.5) is 36.3 Å². The lowest BCUT2D eigenvalue weighted by Crippen LogP contribution is -2.21. The molecule has 0 aliphatic rings. The normalized spacial score (nSPS) is 11.6. The Morgan fingerprint density at radius 1 is 0.833 bits per heavy atom. The fraction of sp³-hybridized carbons (Fsp3) is 0.304. The van der Waals surface area contributed by atoms with E-state index in [4.69, 9.17) is 0 Å². The molecular formula is C23H25F3N4. The van der Waals surface area contributed by atoms with E-state index in [1.165, 1.54) is 10.5 Å². The van der Waals surface area contributed by atoms with Gasteiger partial charge in [-0.05, 0) is 42.7 Å². The van der Waals surface area contributed by atoms with Crippen LogP contribution >= 0.6 is 0 Å². The van der Waals surface area contributed by atoms with Crippen LogP contribution in [0.5, 0.6) is 0 Å². The maximum Gasteiger partial charge on any atom is 0.421 e. The van der Waals surface area contributed by atoms with Crippen molar-refractivity contribution in [3.8, 4) is 0 Å². The van der Waals surface area contributed by atoms with E-state index < -0.39 is 11.7 Å². The van der Waals surface area contributed by atoms with Crippen molar-refractivity contribution in [2.75, 3.05) is 23.9 Å². The number of alkyl halides is 3. The molecule has 158 valence electrons. The number of hydrogen-bond acceptors (Lipinski definition) is 4. The standard InChI is InChI=1S/C23H25F3N4/c1-15(2)17-8-12-19(13-9-17)30(5)22-27-14-20(23(24,25)26)21(28-22)29(4)18-10-6-16(3)7-11-18/h6-15H,1-5H3. The van der Waals surface area contributed by atoms with Crippen LogP contribution in [-0.2, 0) is 6.18 Å². The van der Waals surface area contributed by atoms with Crippen LogP contribution in [0.3, 0.4) is 0 Å². The summed E-state index contributed by atoms with van der Waals surface area (Å²) < 4.78 is 40.9. The van der Waals surface area contributed by atoms with E-state index in [2.05, 4.69) is 23.8 Å². The van der Waals surface area contributed by atoms with Crippen LogP contribution in [0, 0.1) is 6.92 Å². The van der Waals surface area contributed by atoms with Gasteiger partial charge in [-0.25, -0.2) is 4.98 Å². The Balaban J connectivity index is 2.02. The van der Waals surface area contributed by atoms with Gasteiger partial charge in [-0.15, -0.1) is 0 Å². The van der Waals surface area contributed by atoms with Gasteiger partial charge in [0.25, 0.3) is 0 Å². The second kappa shape index (κ2) is 8.34. The average molecular weight is 414 g/mol. The van der Waals surface area contributed by atoms with E-state index in [1.54, 1.807) is 31.1 Å². The van der Waals surface area contributed by atoms with Crippen LogP contribution in [0.2, 0.25) is 0 Å². The van der Waals surface area contributed by atoms with Crippen LogP contribution in [0.25, 0.3) is 0 Å². The molecule has 0 radical (unpaired) electrons. The lowest BCUT2D eigenvalue weighted by Gasteiger charge is -2.25. The second-order valence-electron chi connectivity index (χ2n) is 7.60. The fourth-order valence-electron chi connectivity index (χ4n) is 3.07. The van der Waals surface area contributed by atoms with Gasteiger partial charge in [0.1, 0.15) is 5.56 Å². The quantitative estimate of drug-likeness (QED) is 0.479. The van der Waals surface area contributed by atoms with Gasteiger partial charge in [-0.1, -0.05) is 43.7 Å². The molecule has 4 nitrogen and oxygen atoms in total. The van der Waals surface area contributed by atoms with Gasteiger partial charge in [-0.3, -0.25) is 0 Å². The zero-order valence-electron chi connectivity index (χ0n) is 17.7. The summed E-state index contributed by atoms with van der Waals surface area (Å²) in [5.74, 6) is 0.387. The van der Waals surface area contributed by atoms with Crippen molar-refractivity contribution in [1.29, 1.82) is 0 Å². The fourth-order valence-corrected chi connectivity index (χ4v) is 3.07. The molecule has 1 heterocycles. The van der Waals surface area contributed by atoms with Crippen molar-refractivity contribution in [2.24, 2.45) is 0 Å². The number of benzene rings is 2. The lowest BCUT2D eigenvalue weighted by atomic mass is 10.0. The Bertz CT molecular complexity index is 996. The van der Waals surface area contributed by atoms with Gasteiger partial charge in [-0.2, -0.15) is 18.2 Å². The number of nitrogens with zero attached hydrogens (tertiary/aromatic N) is 4. The molecule has 3 aromatic rings. The van der Waals surface area contributed by atoms with Crippen molar-refractivity contribution < 1.29 is 13.2 Å². The third kappa shape index (κ3) is 4.56. The molecule has 0 aliphatic heterocycles. The van der Waals surface area contributed by atoms with Crippen LogP contribution in [-0.4, -0.2) is 24.1 Å². The maximum absolute atomic E-state index is 13.6. The van der Waals surface area contributed by atoms with Gasteiger partial charge < -0.3 is 9.80 Å². The first-order valence-electron chi connectivity index (χ1n) is 9.66. The predicted molar refractivity (Wildman–Crippen MR) is 115 cm³/mol. The molecule has 0 N–H and O–H groups in total. The van der Waals surface area contributed by atoms with Gasteiger partial charge in [0, 0.05) is 31.7 Å². The molecule has 0 saturated heterocycles. The van der Waals surface area contributed by atoms with Gasteiger partial charge >= 0.3 is 6.18 Å². The largest absolute Gasteiger partial charge is 0.421 e. The van der Waals surface area contributed by atoms with Gasteiger partial charge in [0.05, 0.1) is 0 Å². The van der Waals surface area contributed by atoms with Crippen molar-refractivity contribution in [3.63, 3.8) is 0 Å². The average Bonchev–Trinajstić information content (AvgIpc) is 2.72. The number of halogens is 3. The molecule has 3 rings (SSSR count). The van der Waals surface area contributed by atoms with E-state index in [0.717, 1.165) is 17.4 Å². The summed E-state index contributed by atoms with van der Waals surface area (Å²) in [5.41, 5.74) is 2.73. The molecular weight excluding hydrogens is 389 g/mol. The summed E-state index contributed by atoms with van der Waals surface area (Å²) in [6, 6.07) is 15.1. The summed E-state index contributed by atoms with van der Waals surface area (Å²) in [7, 11) is 3.31. The first kappa shape index (κ1) is 21.6. The number of aryl methyl sites for hydroxylation is 1.